The van der Waals surface area contributed by atoms with Gasteiger partial charge in [-0.3, -0.25) is 4.79 Å². The average Bonchev–Trinajstić information content (AvgIpc) is 3.10. The van der Waals surface area contributed by atoms with E-state index >= 15 is 0 Å². The summed E-state index contributed by atoms with van der Waals surface area (Å²) in [7, 11) is 1.57. The lowest BCUT2D eigenvalue weighted by atomic mass is 10.1. The van der Waals surface area contributed by atoms with E-state index in [1.807, 2.05) is 38.1 Å². The number of carbonyl (C=O) groups is 1. The molecule has 26 heavy (non-hydrogen) atoms. The van der Waals surface area contributed by atoms with E-state index in [9.17, 15) is 4.79 Å². The van der Waals surface area contributed by atoms with Crippen LogP contribution in [-0.2, 0) is 0 Å². The smallest absolute Gasteiger partial charge is 0.256 e. The van der Waals surface area contributed by atoms with Gasteiger partial charge in [0.25, 0.3) is 5.91 Å². The van der Waals surface area contributed by atoms with Gasteiger partial charge in [-0.15, -0.1) is 0 Å². The Morgan fingerprint density at radius 1 is 1.00 bits per heavy atom. The zero-order valence-corrected chi connectivity index (χ0v) is 14.7. The van der Waals surface area contributed by atoms with Crippen molar-refractivity contribution in [1.29, 1.82) is 0 Å². The fraction of sp³-hybridized carbons (Fsp3) is 0.211. The Kier molecular flexibility index (Phi) is 5.17. The predicted octanol–water partition coefficient (Wildman–Crippen LogP) is 3.78. The molecule has 1 amide bonds. The van der Waals surface area contributed by atoms with Crippen molar-refractivity contribution in [2.75, 3.05) is 12.4 Å². The molecule has 7 heteroatoms. The van der Waals surface area contributed by atoms with Gasteiger partial charge >= 0.3 is 0 Å². The molecule has 0 spiro atoms. The first-order valence-electron chi connectivity index (χ1n) is 8.12. The normalized spacial score (nSPS) is 10.6. The number of methoxy groups -OCH3 is 1. The molecule has 7 nitrogen and oxygen atoms in total. The number of nitrogens with one attached hydrogen (secondary N) is 1. The van der Waals surface area contributed by atoms with Crippen LogP contribution in [0.2, 0.25) is 0 Å². The minimum Gasteiger partial charge on any atom is -0.497 e. The van der Waals surface area contributed by atoms with Gasteiger partial charge < -0.3 is 14.8 Å². The van der Waals surface area contributed by atoms with Crippen LogP contribution in [0.25, 0.3) is 11.3 Å². The first kappa shape index (κ1) is 17.5. The summed E-state index contributed by atoms with van der Waals surface area (Å²) in [5.74, 6) is 1.37. The Morgan fingerprint density at radius 2 is 1.65 bits per heavy atom. The molecule has 0 radical (unpaired) electrons. The molecule has 1 heterocycles. The highest BCUT2D eigenvalue weighted by Gasteiger charge is 2.16. The second-order valence-electron chi connectivity index (χ2n) is 5.84. The number of hydrogen-bond acceptors (Lipinski definition) is 6. The van der Waals surface area contributed by atoms with E-state index in [4.69, 9.17) is 14.1 Å². The van der Waals surface area contributed by atoms with Gasteiger partial charge in [0.05, 0.1) is 13.2 Å². The molecule has 0 fully saturated rings. The summed E-state index contributed by atoms with van der Waals surface area (Å²) in [5.41, 5.74) is 1.68. The van der Waals surface area contributed by atoms with Gasteiger partial charge in [0.15, 0.2) is 5.69 Å². The minimum atomic E-state index is -0.315. The van der Waals surface area contributed by atoms with Crippen LogP contribution >= 0.6 is 0 Å². The van der Waals surface area contributed by atoms with Crippen molar-refractivity contribution in [2.24, 2.45) is 0 Å². The van der Waals surface area contributed by atoms with E-state index < -0.39 is 0 Å². The highest BCUT2D eigenvalue weighted by atomic mass is 16.6. The molecular weight excluding hydrogens is 334 g/mol. The van der Waals surface area contributed by atoms with Gasteiger partial charge in [-0.05, 0) is 72.7 Å². The van der Waals surface area contributed by atoms with Crippen molar-refractivity contribution in [2.45, 2.75) is 20.0 Å². The van der Waals surface area contributed by atoms with Gasteiger partial charge in [-0.25, -0.2) is 4.63 Å². The Labute approximate surface area is 150 Å². The fourth-order valence-corrected chi connectivity index (χ4v) is 2.35. The quantitative estimate of drug-likeness (QED) is 0.726. The molecule has 3 rings (SSSR count). The summed E-state index contributed by atoms with van der Waals surface area (Å²) >= 11 is 0. The summed E-state index contributed by atoms with van der Waals surface area (Å²) in [6.07, 6.45) is 0.0916. The minimum absolute atomic E-state index is 0.0916. The van der Waals surface area contributed by atoms with Gasteiger partial charge in [-0.1, -0.05) is 0 Å². The molecule has 0 aliphatic rings. The fourth-order valence-electron chi connectivity index (χ4n) is 2.35. The zero-order valence-electron chi connectivity index (χ0n) is 14.7. The Morgan fingerprint density at radius 3 is 2.27 bits per heavy atom. The van der Waals surface area contributed by atoms with Crippen molar-refractivity contribution in [3.05, 3.63) is 54.1 Å². The van der Waals surface area contributed by atoms with Gasteiger partial charge in [-0.2, -0.15) is 0 Å². The zero-order chi connectivity index (χ0) is 18.5. The maximum atomic E-state index is 12.4. The molecule has 0 unspecified atom stereocenters. The number of amides is 1. The van der Waals surface area contributed by atoms with E-state index in [1.165, 1.54) is 0 Å². The van der Waals surface area contributed by atoms with Crippen LogP contribution < -0.4 is 14.8 Å². The summed E-state index contributed by atoms with van der Waals surface area (Å²) in [5, 5.41) is 10.4. The third-order valence-electron chi connectivity index (χ3n) is 3.57. The average molecular weight is 353 g/mol. The first-order chi connectivity index (χ1) is 12.6. The highest BCUT2D eigenvalue weighted by molar-refractivity contribution is 6.05. The third-order valence-corrected chi connectivity index (χ3v) is 3.57. The Hall–Kier alpha value is -3.35. The van der Waals surface area contributed by atoms with Crippen LogP contribution in [0, 0.1) is 0 Å². The lowest BCUT2D eigenvalue weighted by Gasteiger charge is -2.09. The summed E-state index contributed by atoms with van der Waals surface area (Å²) in [6.45, 7) is 3.92. The molecule has 0 aliphatic heterocycles. The third kappa shape index (κ3) is 4.00. The van der Waals surface area contributed by atoms with Crippen molar-refractivity contribution in [1.82, 2.24) is 10.3 Å². The highest BCUT2D eigenvalue weighted by Crippen LogP contribution is 2.27. The topological polar surface area (TPSA) is 86.5 Å². The molecule has 0 saturated carbocycles. The van der Waals surface area contributed by atoms with E-state index in [2.05, 4.69) is 15.6 Å². The number of rotatable bonds is 6. The summed E-state index contributed by atoms with van der Waals surface area (Å²) in [6, 6.07) is 14.1. The number of ether oxygens (including phenoxy) is 2. The molecule has 0 bridgehead atoms. The van der Waals surface area contributed by atoms with Crippen molar-refractivity contribution in [3.63, 3.8) is 0 Å². The number of hydrogen-bond donors (Lipinski definition) is 1. The van der Waals surface area contributed by atoms with Crippen molar-refractivity contribution < 1.29 is 18.9 Å². The number of aromatic nitrogens is 2. The van der Waals surface area contributed by atoms with Crippen molar-refractivity contribution >= 4 is 11.7 Å². The van der Waals surface area contributed by atoms with Gasteiger partial charge in [0.2, 0.25) is 5.82 Å². The maximum absolute atomic E-state index is 12.4. The van der Waals surface area contributed by atoms with Crippen LogP contribution in [0.4, 0.5) is 5.82 Å². The van der Waals surface area contributed by atoms with Crippen LogP contribution in [0.1, 0.15) is 24.2 Å². The molecular formula is C19H19N3O4. The van der Waals surface area contributed by atoms with E-state index in [0.29, 0.717) is 17.0 Å². The summed E-state index contributed by atoms with van der Waals surface area (Å²) in [4.78, 5) is 12.4. The molecule has 3 aromatic rings. The Balaban J connectivity index is 1.76. The molecule has 1 N–H and O–H groups in total. The van der Waals surface area contributed by atoms with Crippen LogP contribution in [0.5, 0.6) is 11.5 Å². The lowest BCUT2D eigenvalue weighted by molar-refractivity contribution is 0.102. The molecule has 2 aromatic carbocycles. The largest absolute Gasteiger partial charge is 0.497 e. The van der Waals surface area contributed by atoms with Crippen LogP contribution in [0.15, 0.2) is 53.2 Å². The van der Waals surface area contributed by atoms with Crippen LogP contribution in [0.3, 0.4) is 0 Å². The van der Waals surface area contributed by atoms with Crippen molar-refractivity contribution in [3.8, 4) is 22.8 Å². The number of benzene rings is 2. The molecule has 0 atom stereocenters. The monoisotopic (exact) mass is 353 g/mol. The molecule has 0 aliphatic carbocycles. The molecule has 1 aromatic heterocycles. The molecule has 134 valence electrons. The van der Waals surface area contributed by atoms with Crippen LogP contribution in [-0.4, -0.2) is 29.4 Å². The van der Waals surface area contributed by atoms with E-state index in [-0.39, 0.29) is 17.8 Å². The summed E-state index contributed by atoms with van der Waals surface area (Å²) < 4.78 is 15.5. The number of carbonyl (C=O) groups excluding carboxylic acids is 1. The lowest BCUT2D eigenvalue weighted by Crippen LogP contribution is -2.12. The standard InChI is InChI=1S/C19H19N3O4/c1-12(2)25-16-10-4-13(5-11-16)17-18(22-26-21-17)20-19(23)14-6-8-15(24-3)9-7-14/h4-12H,1-3H3,(H,20,22,23). The number of anilines is 1. The van der Waals surface area contributed by atoms with E-state index in [1.54, 1.807) is 31.4 Å². The number of nitrogens with zero attached hydrogens (tertiary/aromatic N) is 2. The first-order valence-corrected chi connectivity index (χ1v) is 8.12. The van der Waals surface area contributed by atoms with Gasteiger partial charge in [0, 0.05) is 11.1 Å². The SMILES string of the molecule is COc1ccc(C(=O)Nc2nonc2-c2ccc(OC(C)C)cc2)cc1. The Bertz CT molecular complexity index is 871. The second-order valence-corrected chi connectivity index (χ2v) is 5.84. The second kappa shape index (κ2) is 7.69. The predicted molar refractivity (Wildman–Crippen MR) is 96.4 cm³/mol. The van der Waals surface area contributed by atoms with E-state index in [0.717, 1.165) is 11.3 Å². The van der Waals surface area contributed by atoms with Gasteiger partial charge in [0.1, 0.15) is 11.5 Å². The maximum Gasteiger partial charge on any atom is 0.256 e. The molecule has 0 saturated heterocycles.